The van der Waals surface area contributed by atoms with Gasteiger partial charge in [-0.25, -0.2) is 4.39 Å². The van der Waals surface area contributed by atoms with Gasteiger partial charge in [-0.15, -0.1) is 0 Å². The van der Waals surface area contributed by atoms with Crippen molar-refractivity contribution < 1.29 is 4.39 Å². The number of benzene rings is 2. The zero-order valence-corrected chi connectivity index (χ0v) is 11.5. The molecule has 2 nitrogen and oxygen atoms in total. The molecule has 3 aromatic rings. The molecule has 1 aliphatic heterocycles. The third kappa shape index (κ3) is 2.05. The molecular formula is C18H15FN2. The molecule has 2 aromatic carbocycles. The topological polar surface area (TPSA) is 24.9 Å². The van der Waals surface area contributed by atoms with Gasteiger partial charge in [0, 0.05) is 34.9 Å². The fraction of sp³-hybridized carbons (Fsp3) is 0.167. The first kappa shape index (κ1) is 12.3. The van der Waals surface area contributed by atoms with Crippen molar-refractivity contribution in [3.8, 4) is 0 Å². The average molecular weight is 278 g/mol. The van der Waals surface area contributed by atoms with Crippen molar-refractivity contribution in [2.24, 2.45) is 0 Å². The zero-order chi connectivity index (χ0) is 14.2. The molecule has 0 spiro atoms. The highest BCUT2D eigenvalue weighted by molar-refractivity contribution is 5.79. The minimum atomic E-state index is -1.15. The van der Waals surface area contributed by atoms with Crippen molar-refractivity contribution in [1.82, 2.24) is 4.98 Å². The molecule has 0 saturated carbocycles. The van der Waals surface area contributed by atoms with Gasteiger partial charge in [0.15, 0.2) is 6.17 Å². The molecule has 0 fully saturated rings. The molecule has 1 aromatic heterocycles. The van der Waals surface area contributed by atoms with Gasteiger partial charge in [0.2, 0.25) is 0 Å². The molecule has 1 unspecified atom stereocenters. The molecule has 4 rings (SSSR count). The number of nitrogens with zero attached hydrogens (tertiary/aromatic N) is 1. The van der Waals surface area contributed by atoms with Gasteiger partial charge >= 0.3 is 0 Å². The second kappa shape index (κ2) is 4.85. The highest BCUT2D eigenvalue weighted by atomic mass is 19.1. The SMILES string of the molecule is FC(c1cnc2ccccc2c1)c1cccc2c1NCC2. The predicted octanol–water partition coefficient (Wildman–Crippen LogP) is 4.26. The Morgan fingerprint density at radius 2 is 2.00 bits per heavy atom. The summed E-state index contributed by atoms with van der Waals surface area (Å²) in [6, 6.07) is 15.5. The third-order valence-electron chi connectivity index (χ3n) is 4.06. The van der Waals surface area contributed by atoms with Gasteiger partial charge in [-0.1, -0.05) is 36.4 Å². The number of pyridine rings is 1. The van der Waals surface area contributed by atoms with Crippen LogP contribution in [-0.2, 0) is 6.42 Å². The molecule has 1 N–H and O–H groups in total. The predicted molar refractivity (Wildman–Crippen MR) is 83.3 cm³/mol. The van der Waals surface area contributed by atoms with Gasteiger partial charge in [0.05, 0.1) is 5.52 Å². The number of nitrogens with one attached hydrogen (secondary N) is 1. The summed E-state index contributed by atoms with van der Waals surface area (Å²) >= 11 is 0. The van der Waals surface area contributed by atoms with Crippen molar-refractivity contribution in [1.29, 1.82) is 0 Å². The molecule has 0 aliphatic carbocycles. The highest BCUT2D eigenvalue weighted by Gasteiger charge is 2.21. The van der Waals surface area contributed by atoms with E-state index in [1.807, 2.05) is 42.5 Å². The first-order valence-corrected chi connectivity index (χ1v) is 7.17. The van der Waals surface area contributed by atoms with E-state index >= 15 is 0 Å². The van der Waals surface area contributed by atoms with E-state index in [2.05, 4.69) is 16.4 Å². The Bertz CT molecular complexity index is 813. The smallest absolute Gasteiger partial charge is 0.154 e. The van der Waals surface area contributed by atoms with Crippen LogP contribution in [0.3, 0.4) is 0 Å². The van der Waals surface area contributed by atoms with Crippen molar-refractivity contribution in [3.63, 3.8) is 0 Å². The molecule has 1 aliphatic rings. The number of para-hydroxylation sites is 2. The number of hydrogen-bond acceptors (Lipinski definition) is 2. The molecule has 0 radical (unpaired) electrons. The van der Waals surface area contributed by atoms with Gasteiger partial charge in [-0.3, -0.25) is 4.98 Å². The summed E-state index contributed by atoms with van der Waals surface area (Å²) in [5.74, 6) is 0. The Kier molecular flexibility index (Phi) is 2.85. The lowest BCUT2D eigenvalue weighted by atomic mass is 9.99. The standard InChI is InChI=1S/C18H15FN2/c19-17(15-6-3-5-12-8-9-20-18(12)15)14-10-13-4-1-2-7-16(13)21-11-14/h1-7,10-11,17,20H,8-9H2. The van der Waals surface area contributed by atoms with E-state index in [4.69, 9.17) is 0 Å². The number of rotatable bonds is 2. The molecule has 1 atom stereocenters. The van der Waals surface area contributed by atoms with Crippen molar-refractivity contribution in [3.05, 3.63) is 71.4 Å². The lowest BCUT2D eigenvalue weighted by Crippen LogP contribution is -2.01. The van der Waals surface area contributed by atoms with E-state index in [-0.39, 0.29) is 0 Å². The number of alkyl halides is 1. The lowest BCUT2D eigenvalue weighted by molar-refractivity contribution is 0.402. The van der Waals surface area contributed by atoms with Gasteiger partial charge in [0.25, 0.3) is 0 Å². The van der Waals surface area contributed by atoms with Crippen molar-refractivity contribution in [2.45, 2.75) is 12.6 Å². The van der Waals surface area contributed by atoms with E-state index in [9.17, 15) is 4.39 Å². The van der Waals surface area contributed by atoms with Crippen LogP contribution in [0.4, 0.5) is 10.1 Å². The highest BCUT2D eigenvalue weighted by Crippen LogP contribution is 2.36. The molecule has 21 heavy (non-hydrogen) atoms. The lowest BCUT2D eigenvalue weighted by Gasteiger charge is -2.14. The molecule has 0 saturated heterocycles. The maximum Gasteiger partial charge on any atom is 0.154 e. The van der Waals surface area contributed by atoms with Gasteiger partial charge in [-0.2, -0.15) is 0 Å². The second-order valence-electron chi connectivity index (χ2n) is 5.38. The normalized spacial score (nSPS) is 14.7. The fourth-order valence-electron chi connectivity index (χ4n) is 2.98. The Morgan fingerprint density at radius 3 is 2.95 bits per heavy atom. The fourth-order valence-corrected chi connectivity index (χ4v) is 2.98. The van der Waals surface area contributed by atoms with Crippen LogP contribution >= 0.6 is 0 Å². The Balaban J connectivity index is 1.80. The number of halogens is 1. The largest absolute Gasteiger partial charge is 0.384 e. The number of fused-ring (bicyclic) bond motifs is 2. The number of anilines is 1. The van der Waals surface area contributed by atoms with Crippen LogP contribution < -0.4 is 5.32 Å². The minimum Gasteiger partial charge on any atom is -0.384 e. The van der Waals surface area contributed by atoms with Crippen LogP contribution in [-0.4, -0.2) is 11.5 Å². The third-order valence-corrected chi connectivity index (χ3v) is 4.06. The summed E-state index contributed by atoms with van der Waals surface area (Å²) in [5, 5.41) is 4.27. The molecule has 0 amide bonds. The van der Waals surface area contributed by atoms with Crippen LogP contribution in [0, 0.1) is 0 Å². The Labute approximate surface area is 122 Å². The zero-order valence-electron chi connectivity index (χ0n) is 11.5. The van der Waals surface area contributed by atoms with E-state index in [0.29, 0.717) is 11.1 Å². The van der Waals surface area contributed by atoms with Crippen LogP contribution in [0.2, 0.25) is 0 Å². The average Bonchev–Trinajstić information content (AvgIpc) is 3.02. The molecule has 104 valence electrons. The molecule has 3 heteroatoms. The van der Waals surface area contributed by atoms with E-state index in [1.165, 1.54) is 5.56 Å². The maximum absolute atomic E-state index is 15.0. The first-order valence-electron chi connectivity index (χ1n) is 7.17. The van der Waals surface area contributed by atoms with Crippen LogP contribution in [0.1, 0.15) is 22.9 Å². The minimum absolute atomic E-state index is 0.607. The van der Waals surface area contributed by atoms with Crippen molar-refractivity contribution >= 4 is 16.6 Å². The van der Waals surface area contributed by atoms with Crippen LogP contribution in [0.25, 0.3) is 10.9 Å². The summed E-state index contributed by atoms with van der Waals surface area (Å²) in [4.78, 5) is 4.36. The quantitative estimate of drug-likeness (QED) is 0.757. The maximum atomic E-state index is 15.0. The number of aromatic nitrogens is 1. The van der Waals surface area contributed by atoms with E-state index < -0.39 is 6.17 Å². The molecule has 0 bridgehead atoms. The summed E-state index contributed by atoms with van der Waals surface area (Å²) < 4.78 is 15.0. The molecular weight excluding hydrogens is 263 g/mol. The Hall–Kier alpha value is -2.42. The summed E-state index contributed by atoms with van der Waals surface area (Å²) in [7, 11) is 0. The summed E-state index contributed by atoms with van der Waals surface area (Å²) in [5.41, 5.74) is 4.37. The second-order valence-corrected chi connectivity index (χ2v) is 5.38. The Morgan fingerprint density at radius 1 is 1.10 bits per heavy atom. The van der Waals surface area contributed by atoms with Crippen LogP contribution in [0.15, 0.2) is 54.7 Å². The van der Waals surface area contributed by atoms with Gasteiger partial charge < -0.3 is 5.32 Å². The first-order chi connectivity index (χ1) is 10.3. The monoisotopic (exact) mass is 278 g/mol. The van der Waals surface area contributed by atoms with Gasteiger partial charge in [0.1, 0.15) is 0 Å². The number of hydrogen-bond donors (Lipinski definition) is 1. The van der Waals surface area contributed by atoms with Crippen LogP contribution in [0.5, 0.6) is 0 Å². The molecule has 2 heterocycles. The van der Waals surface area contributed by atoms with Gasteiger partial charge in [-0.05, 0) is 24.1 Å². The summed E-state index contributed by atoms with van der Waals surface area (Å²) in [6.45, 7) is 0.884. The van der Waals surface area contributed by atoms with E-state index in [0.717, 1.165) is 29.6 Å². The summed E-state index contributed by atoms with van der Waals surface area (Å²) in [6.07, 6.45) is 1.45. The van der Waals surface area contributed by atoms with Crippen molar-refractivity contribution in [2.75, 3.05) is 11.9 Å². The van der Waals surface area contributed by atoms with E-state index in [1.54, 1.807) is 6.20 Å².